The fourth-order valence-corrected chi connectivity index (χ4v) is 0.895. The van der Waals surface area contributed by atoms with Gasteiger partial charge in [-0.1, -0.05) is 11.6 Å². The Hall–Kier alpha value is -1.09. The van der Waals surface area contributed by atoms with Crippen molar-refractivity contribution in [2.45, 2.75) is 0 Å². The standard InChI is InChI=1S/C6H4ClN3/c7-6-5-3-8-4-10(5)2-1-9-6/h1-4H/i2D,4D. The lowest BCUT2D eigenvalue weighted by molar-refractivity contribution is 1.12. The van der Waals surface area contributed by atoms with Gasteiger partial charge in [-0.25, -0.2) is 9.97 Å². The highest BCUT2D eigenvalue weighted by Crippen LogP contribution is 2.11. The predicted octanol–water partition coefficient (Wildman–Crippen LogP) is 1.38. The van der Waals surface area contributed by atoms with Gasteiger partial charge in [-0.05, 0) is 0 Å². The molecule has 2 aromatic heterocycles. The van der Waals surface area contributed by atoms with Crippen LogP contribution >= 0.6 is 11.6 Å². The molecule has 4 heteroatoms. The highest BCUT2D eigenvalue weighted by Gasteiger charge is 1.96. The zero-order valence-corrected chi connectivity index (χ0v) is 5.63. The van der Waals surface area contributed by atoms with E-state index in [2.05, 4.69) is 9.97 Å². The van der Waals surface area contributed by atoms with E-state index in [1.165, 1.54) is 16.8 Å². The smallest absolute Gasteiger partial charge is 0.154 e. The molecule has 0 radical (unpaired) electrons. The van der Waals surface area contributed by atoms with Gasteiger partial charge in [0.25, 0.3) is 0 Å². The molecule has 0 spiro atoms. The molecule has 50 valence electrons. The van der Waals surface area contributed by atoms with E-state index in [-0.39, 0.29) is 17.6 Å². The summed E-state index contributed by atoms with van der Waals surface area (Å²) in [4.78, 5) is 7.46. The van der Waals surface area contributed by atoms with Gasteiger partial charge in [-0.2, -0.15) is 0 Å². The molecule has 0 aliphatic heterocycles. The molecule has 0 aliphatic carbocycles. The molecule has 2 heterocycles. The lowest BCUT2D eigenvalue weighted by Crippen LogP contribution is -1.83. The van der Waals surface area contributed by atoms with Crippen molar-refractivity contribution in [1.29, 1.82) is 0 Å². The Morgan fingerprint density at radius 3 is 3.40 bits per heavy atom. The van der Waals surface area contributed by atoms with Gasteiger partial charge in [0.2, 0.25) is 0 Å². The Morgan fingerprint density at radius 2 is 2.60 bits per heavy atom. The van der Waals surface area contributed by atoms with Crippen molar-refractivity contribution in [3.8, 4) is 0 Å². The maximum absolute atomic E-state index is 7.40. The second-order valence-corrected chi connectivity index (χ2v) is 2.11. The van der Waals surface area contributed by atoms with Gasteiger partial charge < -0.3 is 4.40 Å². The summed E-state index contributed by atoms with van der Waals surface area (Å²) >= 11 is 5.70. The van der Waals surface area contributed by atoms with Gasteiger partial charge in [0, 0.05) is 12.4 Å². The third-order valence-corrected chi connectivity index (χ3v) is 1.45. The SMILES string of the molecule is [2H]c1cnc(Cl)c2cnc([2H])n12. The minimum Gasteiger partial charge on any atom is -0.302 e. The topological polar surface area (TPSA) is 30.2 Å². The zero-order valence-electron chi connectivity index (χ0n) is 6.87. The summed E-state index contributed by atoms with van der Waals surface area (Å²) < 4.78 is 16.0. The normalized spacial score (nSPS) is 13.3. The highest BCUT2D eigenvalue weighted by atomic mass is 35.5. The van der Waals surface area contributed by atoms with E-state index in [0.29, 0.717) is 5.52 Å². The molecule has 0 amide bonds. The van der Waals surface area contributed by atoms with Crippen molar-refractivity contribution in [2.24, 2.45) is 0 Å². The van der Waals surface area contributed by atoms with Gasteiger partial charge in [-0.3, -0.25) is 0 Å². The molecule has 0 bridgehead atoms. The van der Waals surface area contributed by atoms with Crippen LogP contribution in [-0.4, -0.2) is 14.4 Å². The van der Waals surface area contributed by atoms with E-state index < -0.39 is 0 Å². The highest BCUT2D eigenvalue weighted by molar-refractivity contribution is 6.32. The third-order valence-electron chi connectivity index (χ3n) is 1.16. The van der Waals surface area contributed by atoms with Crippen LogP contribution in [0.25, 0.3) is 5.52 Å². The molecule has 2 rings (SSSR count). The van der Waals surface area contributed by atoms with Crippen LogP contribution in [0.3, 0.4) is 0 Å². The molecular weight excluding hydrogens is 150 g/mol. The van der Waals surface area contributed by atoms with Crippen molar-refractivity contribution in [1.82, 2.24) is 14.4 Å². The van der Waals surface area contributed by atoms with Crippen molar-refractivity contribution >= 4 is 17.1 Å². The van der Waals surface area contributed by atoms with Crippen LogP contribution in [0.5, 0.6) is 0 Å². The number of imidazole rings is 1. The number of aromatic nitrogens is 3. The monoisotopic (exact) mass is 155 g/mol. The van der Waals surface area contributed by atoms with Crippen molar-refractivity contribution in [3.05, 3.63) is 30.0 Å². The van der Waals surface area contributed by atoms with Crippen molar-refractivity contribution in [3.63, 3.8) is 0 Å². The van der Waals surface area contributed by atoms with Crippen LogP contribution in [0.4, 0.5) is 0 Å². The Labute approximate surface area is 65.1 Å². The van der Waals surface area contributed by atoms with Gasteiger partial charge in [0.05, 0.1) is 13.9 Å². The summed E-state index contributed by atoms with van der Waals surface area (Å²) in [7, 11) is 0. The first kappa shape index (κ1) is 3.93. The predicted molar refractivity (Wildman–Crippen MR) is 38.0 cm³/mol. The van der Waals surface area contributed by atoms with E-state index in [9.17, 15) is 0 Å². The first-order valence-electron chi connectivity index (χ1n) is 3.65. The molecule has 2 aromatic rings. The first-order chi connectivity index (χ1) is 5.70. The van der Waals surface area contributed by atoms with E-state index in [0.717, 1.165) is 0 Å². The number of nitrogens with zero attached hydrogens (tertiary/aromatic N) is 3. The maximum atomic E-state index is 7.40. The summed E-state index contributed by atoms with van der Waals surface area (Å²) in [6.07, 6.45) is 2.82. The molecule has 0 N–H and O–H groups in total. The van der Waals surface area contributed by atoms with Crippen LogP contribution < -0.4 is 0 Å². The minimum absolute atomic E-state index is 0.000648. The van der Waals surface area contributed by atoms with Crippen LogP contribution in [-0.2, 0) is 0 Å². The van der Waals surface area contributed by atoms with Crippen molar-refractivity contribution in [2.75, 3.05) is 0 Å². The summed E-state index contributed by atoms with van der Waals surface area (Å²) in [5.74, 6) is 0. The largest absolute Gasteiger partial charge is 0.302 e. The van der Waals surface area contributed by atoms with E-state index in [1.807, 2.05) is 0 Å². The lowest BCUT2D eigenvalue weighted by Gasteiger charge is -1.91. The molecule has 0 unspecified atom stereocenters. The number of hydrogen-bond donors (Lipinski definition) is 0. The molecule has 10 heavy (non-hydrogen) atoms. The van der Waals surface area contributed by atoms with Gasteiger partial charge >= 0.3 is 0 Å². The molecule has 3 nitrogen and oxygen atoms in total. The van der Waals surface area contributed by atoms with Crippen molar-refractivity contribution < 1.29 is 2.74 Å². The fraction of sp³-hybridized carbons (Fsp3) is 0. The second kappa shape index (κ2) is 1.95. The van der Waals surface area contributed by atoms with Gasteiger partial charge in [0.1, 0.15) is 6.89 Å². The van der Waals surface area contributed by atoms with Crippen LogP contribution in [0, 0.1) is 0 Å². The van der Waals surface area contributed by atoms with Crippen LogP contribution in [0.15, 0.2) is 24.9 Å². The number of hydrogen-bond acceptors (Lipinski definition) is 2. The summed E-state index contributed by atoms with van der Waals surface area (Å²) in [6.45, 7) is 0. The Kier molecular flexibility index (Phi) is 0.767. The summed E-state index contributed by atoms with van der Waals surface area (Å²) in [5.41, 5.74) is 0.495. The number of halogens is 1. The first-order valence-corrected chi connectivity index (χ1v) is 3.03. The lowest BCUT2D eigenvalue weighted by atomic mass is 10.6. The zero-order chi connectivity index (χ0) is 8.72. The summed E-state index contributed by atoms with van der Waals surface area (Å²) in [6, 6.07) is 0. The molecular formula is C6H4ClN3. The van der Waals surface area contributed by atoms with E-state index in [4.69, 9.17) is 14.3 Å². The van der Waals surface area contributed by atoms with Gasteiger partial charge in [-0.15, -0.1) is 0 Å². The molecule has 0 fully saturated rings. The second-order valence-electron chi connectivity index (χ2n) is 1.76. The Morgan fingerprint density at radius 1 is 1.70 bits per heavy atom. The molecule has 0 aliphatic rings. The van der Waals surface area contributed by atoms with Gasteiger partial charge in [0.15, 0.2) is 5.15 Å². The molecule has 0 aromatic carbocycles. The molecule has 0 saturated carbocycles. The van der Waals surface area contributed by atoms with E-state index >= 15 is 0 Å². The maximum Gasteiger partial charge on any atom is 0.154 e. The third kappa shape index (κ3) is 0.675. The molecule has 0 atom stereocenters. The average molecular weight is 156 g/mol. The number of fused-ring (bicyclic) bond motifs is 1. The fourth-order valence-electron chi connectivity index (χ4n) is 0.713. The summed E-state index contributed by atoms with van der Waals surface area (Å²) in [5, 5.41) is 0.261. The molecule has 0 saturated heterocycles. The van der Waals surface area contributed by atoms with Crippen LogP contribution in [0.1, 0.15) is 2.74 Å². The van der Waals surface area contributed by atoms with E-state index in [1.54, 1.807) is 0 Å². The quantitative estimate of drug-likeness (QED) is 0.576. The number of rotatable bonds is 0. The minimum atomic E-state index is -0.000648. The van der Waals surface area contributed by atoms with Crippen LogP contribution in [0.2, 0.25) is 5.15 Å². The Balaban J connectivity index is 2.98. The average Bonchev–Trinajstić information content (AvgIpc) is 2.42. The Bertz CT molecular complexity index is 440.